The number of aromatic nitrogens is 3. The van der Waals surface area contributed by atoms with Gasteiger partial charge in [-0.05, 0) is 25.2 Å². The van der Waals surface area contributed by atoms with Crippen molar-refractivity contribution in [2.75, 3.05) is 20.2 Å². The van der Waals surface area contributed by atoms with E-state index in [1.807, 2.05) is 0 Å². The molecule has 1 saturated carbocycles. The first kappa shape index (κ1) is 12.6. The van der Waals surface area contributed by atoms with Gasteiger partial charge in [0, 0.05) is 26.1 Å². The molecule has 1 saturated heterocycles. The van der Waals surface area contributed by atoms with Crippen LogP contribution in [0.15, 0.2) is 0 Å². The van der Waals surface area contributed by atoms with Crippen LogP contribution in [0.3, 0.4) is 0 Å². The van der Waals surface area contributed by atoms with Crippen molar-refractivity contribution in [1.82, 2.24) is 20.1 Å². The summed E-state index contributed by atoms with van der Waals surface area (Å²) in [4.78, 5) is 18.5. The first-order chi connectivity index (χ1) is 9.19. The van der Waals surface area contributed by atoms with Crippen molar-refractivity contribution >= 4 is 5.91 Å². The van der Waals surface area contributed by atoms with Crippen molar-refractivity contribution in [2.24, 2.45) is 5.92 Å². The number of nitrogens with zero attached hydrogens (tertiary/aromatic N) is 3. The van der Waals surface area contributed by atoms with Crippen molar-refractivity contribution in [3.8, 4) is 0 Å². The number of nitrogens with one attached hydrogen (secondary N) is 1. The Hall–Kier alpha value is -1.43. The van der Waals surface area contributed by atoms with Crippen LogP contribution in [0.5, 0.6) is 0 Å². The van der Waals surface area contributed by atoms with Crippen molar-refractivity contribution in [3.63, 3.8) is 0 Å². The third-order valence-electron chi connectivity index (χ3n) is 4.14. The average molecular weight is 264 g/mol. The smallest absolute Gasteiger partial charge is 0.293 e. The molecule has 0 radical (unpaired) electrons. The summed E-state index contributed by atoms with van der Waals surface area (Å²) in [6.45, 7) is 3.55. The lowest BCUT2D eigenvalue weighted by Crippen LogP contribution is -2.46. The number of rotatable bonds is 3. The molecule has 2 fully saturated rings. The summed E-state index contributed by atoms with van der Waals surface area (Å²) in [5.41, 5.74) is 0. The fraction of sp³-hybridized carbons (Fsp3) is 0.769. The Morgan fingerprint density at radius 1 is 1.42 bits per heavy atom. The highest BCUT2D eigenvalue weighted by atomic mass is 16.5. The molecule has 0 bridgehead atoms. The topological polar surface area (TPSA) is 71.1 Å². The second-order valence-corrected chi connectivity index (χ2v) is 5.61. The second kappa shape index (κ2) is 4.92. The fourth-order valence-electron chi connectivity index (χ4n) is 2.58. The Morgan fingerprint density at radius 3 is 2.89 bits per heavy atom. The van der Waals surface area contributed by atoms with Crippen LogP contribution < -0.4 is 0 Å². The minimum Gasteiger partial charge on any atom is -0.379 e. The van der Waals surface area contributed by atoms with Gasteiger partial charge < -0.3 is 9.64 Å². The lowest BCUT2D eigenvalue weighted by atomic mass is 9.96. The van der Waals surface area contributed by atoms with Crippen LogP contribution in [0, 0.1) is 5.92 Å². The zero-order valence-electron chi connectivity index (χ0n) is 11.4. The molecule has 6 heteroatoms. The lowest BCUT2D eigenvalue weighted by Gasteiger charge is -2.35. The van der Waals surface area contributed by atoms with E-state index in [9.17, 15) is 4.79 Å². The highest BCUT2D eigenvalue weighted by molar-refractivity contribution is 5.90. The number of methoxy groups -OCH3 is 1. The molecular weight excluding hydrogens is 244 g/mol. The van der Waals surface area contributed by atoms with Gasteiger partial charge in [0.05, 0.1) is 6.10 Å². The predicted molar refractivity (Wildman–Crippen MR) is 68.8 cm³/mol. The van der Waals surface area contributed by atoms with Crippen molar-refractivity contribution in [1.29, 1.82) is 0 Å². The average Bonchev–Trinajstić information content (AvgIpc) is 3.16. The number of amides is 1. The summed E-state index contributed by atoms with van der Waals surface area (Å²) >= 11 is 0. The summed E-state index contributed by atoms with van der Waals surface area (Å²) < 4.78 is 5.43. The highest BCUT2D eigenvalue weighted by Crippen LogP contribution is 2.37. The lowest BCUT2D eigenvalue weighted by molar-refractivity contribution is -0.00198. The van der Waals surface area contributed by atoms with Gasteiger partial charge in [0.2, 0.25) is 5.82 Å². The molecule has 1 N–H and O–H groups in total. The van der Waals surface area contributed by atoms with Crippen LogP contribution in [0.25, 0.3) is 0 Å². The van der Waals surface area contributed by atoms with E-state index >= 15 is 0 Å². The molecule has 1 aliphatic heterocycles. The largest absolute Gasteiger partial charge is 0.379 e. The third-order valence-corrected chi connectivity index (χ3v) is 4.14. The number of aromatic amines is 1. The van der Waals surface area contributed by atoms with Gasteiger partial charge in [-0.25, -0.2) is 4.98 Å². The SMILES string of the molecule is COC1CN(C(=O)c2n[nH]c(C3CC3)n2)CCC1C. The Kier molecular flexibility index (Phi) is 3.26. The van der Waals surface area contributed by atoms with E-state index in [1.165, 1.54) is 0 Å². The molecule has 3 rings (SSSR count). The summed E-state index contributed by atoms with van der Waals surface area (Å²) in [6.07, 6.45) is 3.37. The fourth-order valence-corrected chi connectivity index (χ4v) is 2.58. The number of likely N-dealkylation sites (tertiary alicyclic amines) is 1. The van der Waals surface area contributed by atoms with Gasteiger partial charge in [0.25, 0.3) is 5.91 Å². The van der Waals surface area contributed by atoms with E-state index in [2.05, 4.69) is 22.1 Å². The highest BCUT2D eigenvalue weighted by Gasteiger charge is 2.32. The van der Waals surface area contributed by atoms with Crippen LogP contribution in [0.4, 0.5) is 0 Å². The molecule has 6 nitrogen and oxygen atoms in total. The van der Waals surface area contributed by atoms with E-state index in [0.29, 0.717) is 24.2 Å². The molecule has 2 heterocycles. The molecule has 1 aliphatic carbocycles. The van der Waals surface area contributed by atoms with Gasteiger partial charge in [-0.1, -0.05) is 6.92 Å². The van der Waals surface area contributed by atoms with Crippen molar-refractivity contribution < 1.29 is 9.53 Å². The predicted octanol–water partition coefficient (Wildman–Crippen LogP) is 1.18. The molecule has 2 unspecified atom stereocenters. The monoisotopic (exact) mass is 264 g/mol. The van der Waals surface area contributed by atoms with Gasteiger partial charge >= 0.3 is 0 Å². The number of piperidine rings is 1. The normalized spacial score (nSPS) is 27.6. The first-order valence-electron chi connectivity index (χ1n) is 6.93. The summed E-state index contributed by atoms with van der Waals surface area (Å²) in [5, 5.41) is 6.94. The molecule has 104 valence electrons. The summed E-state index contributed by atoms with van der Waals surface area (Å²) in [5.74, 6) is 2.05. The van der Waals surface area contributed by atoms with E-state index in [0.717, 1.165) is 31.6 Å². The zero-order valence-corrected chi connectivity index (χ0v) is 11.4. The molecular formula is C13H20N4O2. The molecule has 1 aromatic heterocycles. The zero-order chi connectivity index (χ0) is 13.4. The molecule has 0 aromatic carbocycles. The Balaban J connectivity index is 1.68. The van der Waals surface area contributed by atoms with Gasteiger partial charge in [-0.15, -0.1) is 5.10 Å². The number of carbonyl (C=O) groups excluding carboxylic acids is 1. The van der Waals surface area contributed by atoms with Crippen LogP contribution in [-0.4, -0.2) is 52.3 Å². The second-order valence-electron chi connectivity index (χ2n) is 5.61. The van der Waals surface area contributed by atoms with E-state index in [4.69, 9.17) is 4.74 Å². The van der Waals surface area contributed by atoms with Gasteiger partial charge in [-0.3, -0.25) is 9.89 Å². The minimum atomic E-state index is -0.0860. The number of carbonyl (C=O) groups is 1. The molecule has 2 atom stereocenters. The standard InChI is InChI=1S/C13H20N4O2/c1-8-5-6-17(7-10(8)19-2)13(18)12-14-11(15-16-12)9-3-4-9/h8-10H,3-7H2,1-2H3,(H,14,15,16). The maximum atomic E-state index is 12.3. The quantitative estimate of drug-likeness (QED) is 0.890. The number of hydrogen-bond donors (Lipinski definition) is 1. The van der Waals surface area contributed by atoms with Crippen molar-refractivity contribution in [3.05, 3.63) is 11.6 Å². The van der Waals surface area contributed by atoms with Crippen LogP contribution in [0.2, 0.25) is 0 Å². The van der Waals surface area contributed by atoms with E-state index < -0.39 is 0 Å². The summed E-state index contributed by atoms with van der Waals surface area (Å²) in [7, 11) is 1.70. The number of ether oxygens (including phenoxy) is 1. The van der Waals surface area contributed by atoms with Crippen LogP contribution in [0.1, 0.15) is 48.5 Å². The molecule has 1 amide bonds. The maximum absolute atomic E-state index is 12.3. The van der Waals surface area contributed by atoms with Crippen LogP contribution >= 0.6 is 0 Å². The Bertz CT molecular complexity index is 469. The minimum absolute atomic E-state index is 0.0860. The van der Waals surface area contributed by atoms with Crippen molar-refractivity contribution in [2.45, 2.75) is 38.2 Å². The first-order valence-corrected chi connectivity index (χ1v) is 6.93. The van der Waals surface area contributed by atoms with E-state index in [-0.39, 0.29) is 12.0 Å². The molecule has 19 heavy (non-hydrogen) atoms. The Labute approximate surface area is 112 Å². The molecule has 0 spiro atoms. The van der Waals surface area contributed by atoms with Gasteiger partial charge in [0.1, 0.15) is 5.82 Å². The van der Waals surface area contributed by atoms with Gasteiger partial charge in [-0.2, -0.15) is 0 Å². The number of H-pyrrole nitrogens is 1. The maximum Gasteiger partial charge on any atom is 0.293 e. The molecule has 1 aromatic rings. The van der Waals surface area contributed by atoms with Gasteiger partial charge in [0.15, 0.2) is 0 Å². The Morgan fingerprint density at radius 2 is 2.21 bits per heavy atom. The number of hydrogen-bond acceptors (Lipinski definition) is 4. The van der Waals surface area contributed by atoms with E-state index in [1.54, 1.807) is 12.0 Å². The van der Waals surface area contributed by atoms with Crippen LogP contribution in [-0.2, 0) is 4.74 Å². The summed E-state index contributed by atoms with van der Waals surface area (Å²) in [6, 6.07) is 0. The molecule has 2 aliphatic rings. The third kappa shape index (κ3) is 2.49.